The summed E-state index contributed by atoms with van der Waals surface area (Å²) < 4.78 is 5.82. The Morgan fingerprint density at radius 3 is 2.47 bits per heavy atom. The molecule has 0 spiro atoms. The van der Waals surface area contributed by atoms with E-state index in [0.29, 0.717) is 22.5 Å². The van der Waals surface area contributed by atoms with Crippen molar-refractivity contribution in [3.8, 4) is 5.75 Å². The number of methoxy groups -OCH3 is 1. The molecule has 2 atom stereocenters. The molecule has 30 heavy (non-hydrogen) atoms. The average molecular weight is 450 g/mol. The zero-order chi connectivity index (χ0) is 21.7. The molecule has 1 aliphatic rings. The summed E-state index contributed by atoms with van der Waals surface area (Å²) in [5.74, 6) is 0.844. The maximum absolute atomic E-state index is 11.0. The standard InChI is InChI=1S/C25H33Cl2NO2/c1-4-12-28(13-5-2)19-8-10-20-18(16-19)7-9-21(25(20)30-3)24(29)15-17-6-11-22(26)23(27)14-17/h6-7,9,11,14,19,24,29H,4-5,8,10,12-13,15-16H2,1-3H3/t19-,24?/m1/s1. The van der Waals surface area contributed by atoms with E-state index in [2.05, 4.69) is 24.8 Å². The third-order valence-corrected chi connectivity index (χ3v) is 6.82. The molecule has 164 valence electrons. The molecule has 0 aromatic heterocycles. The van der Waals surface area contributed by atoms with Gasteiger partial charge in [0, 0.05) is 18.0 Å². The van der Waals surface area contributed by atoms with Gasteiger partial charge in [0.2, 0.25) is 0 Å². The van der Waals surface area contributed by atoms with Gasteiger partial charge in [-0.15, -0.1) is 0 Å². The molecule has 3 nitrogen and oxygen atoms in total. The Bertz CT molecular complexity index is 849. The maximum atomic E-state index is 11.0. The van der Waals surface area contributed by atoms with Crippen LogP contribution < -0.4 is 4.74 Å². The van der Waals surface area contributed by atoms with E-state index in [-0.39, 0.29) is 0 Å². The molecule has 1 aliphatic carbocycles. The minimum atomic E-state index is -0.656. The molecule has 0 aliphatic heterocycles. The lowest BCUT2D eigenvalue weighted by atomic mass is 9.84. The van der Waals surface area contributed by atoms with E-state index in [0.717, 1.165) is 49.2 Å². The molecule has 0 radical (unpaired) electrons. The summed E-state index contributed by atoms with van der Waals surface area (Å²) in [4.78, 5) is 2.64. The first-order chi connectivity index (χ1) is 14.5. The van der Waals surface area contributed by atoms with Gasteiger partial charge in [0.1, 0.15) is 5.75 Å². The number of halogens is 2. The van der Waals surface area contributed by atoms with E-state index in [4.69, 9.17) is 27.9 Å². The number of benzene rings is 2. The third-order valence-electron chi connectivity index (χ3n) is 6.09. The molecule has 2 aromatic rings. The van der Waals surface area contributed by atoms with Crippen LogP contribution >= 0.6 is 23.2 Å². The number of rotatable bonds is 9. The van der Waals surface area contributed by atoms with Gasteiger partial charge in [-0.1, -0.05) is 55.2 Å². The van der Waals surface area contributed by atoms with Crippen molar-refractivity contribution in [1.29, 1.82) is 0 Å². The fourth-order valence-corrected chi connectivity index (χ4v) is 5.01. The molecular formula is C25H33Cl2NO2. The topological polar surface area (TPSA) is 32.7 Å². The monoisotopic (exact) mass is 449 g/mol. The highest BCUT2D eigenvalue weighted by atomic mass is 35.5. The van der Waals surface area contributed by atoms with Crippen molar-refractivity contribution in [2.45, 2.75) is 64.5 Å². The predicted octanol–water partition coefficient (Wildman–Crippen LogP) is 6.26. The molecule has 2 aromatic carbocycles. The van der Waals surface area contributed by atoms with Crippen LogP contribution in [-0.4, -0.2) is 36.2 Å². The van der Waals surface area contributed by atoms with Crippen LogP contribution in [0, 0.1) is 0 Å². The van der Waals surface area contributed by atoms with E-state index < -0.39 is 6.10 Å². The summed E-state index contributed by atoms with van der Waals surface area (Å²) in [6.07, 6.45) is 5.36. The van der Waals surface area contributed by atoms with Crippen molar-refractivity contribution < 1.29 is 9.84 Å². The van der Waals surface area contributed by atoms with Crippen molar-refractivity contribution in [3.63, 3.8) is 0 Å². The molecule has 0 bridgehead atoms. The average Bonchev–Trinajstić information content (AvgIpc) is 2.74. The molecule has 0 heterocycles. The first-order valence-corrected chi connectivity index (χ1v) is 11.8. The fourth-order valence-electron chi connectivity index (χ4n) is 4.69. The van der Waals surface area contributed by atoms with Gasteiger partial charge in [-0.05, 0) is 74.0 Å². The fraction of sp³-hybridized carbons (Fsp3) is 0.520. The van der Waals surface area contributed by atoms with E-state index in [1.54, 1.807) is 13.2 Å². The highest BCUT2D eigenvalue weighted by Gasteiger charge is 2.28. The van der Waals surface area contributed by atoms with Gasteiger partial charge in [-0.2, -0.15) is 0 Å². The number of nitrogens with zero attached hydrogens (tertiary/aromatic N) is 1. The van der Waals surface area contributed by atoms with Crippen LogP contribution in [-0.2, 0) is 19.3 Å². The zero-order valence-corrected chi connectivity index (χ0v) is 19.8. The largest absolute Gasteiger partial charge is 0.496 e. The number of aliphatic hydroxyl groups is 1. The molecule has 3 rings (SSSR count). The van der Waals surface area contributed by atoms with Crippen LogP contribution in [0.1, 0.15) is 61.5 Å². The Labute approximate surface area is 191 Å². The summed E-state index contributed by atoms with van der Waals surface area (Å²) in [7, 11) is 1.71. The molecular weight excluding hydrogens is 417 g/mol. The number of fused-ring (bicyclic) bond motifs is 1. The van der Waals surface area contributed by atoms with Crippen LogP contribution in [0.2, 0.25) is 10.0 Å². The first kappa shape index (κ1) is 23.4. The van der Waals surface area contributed by atoms with Crippen LogP contribution in [0.4, 0.5) is 0 Å². The molecule has 1 unspecified atom stereocenters. The number of aliphatic hydroxyl groups excluding tert-OH is 1. The second kappa shape index (κ2) is 10.9. The first-order valence-electron chi connectivity index (χ1n) is 11.0. The van der Waals surface area contributed by atoms with Crippen LogP contribution in [0.3, 0.4) is 0 Å². The minimum absolute atomic E-state index is 0.468. The number of ether oxygens (including phenoxy) is 1. The van der Waals surface area contributed by atoms with Gasteiger partial charge in [0.15, 0.2) is 0 Å². The van der Waals surface area contributed by atoms with Gasteiger partial charge < -0.3 is 14.7 Å². The van der Waals surface area contributed by atoms with Crippen LogP contribution in [0.5, 0.6) is 5.75 Å². The van der Waals surface area contributed by atoms with Gasteiger partial charge >= 0.3 is 0 Å². The van der Waals surface area contributed by atoms with Gasteiger partial charge in [-0.3, -0.25) is 0 Å². The number of hydrogen-bond donors (Lipinski definition) is 1. The lowest BCUT2D eigenvalue weighted by Gasteiger charge is -2.36. The van der Waals surface area contributed by atoms with Gasteiger partial charge in [-0.25, -0.2) is 0 Å². The second-order valence-electron chi connectivity index (χ2n) is 8.23. The third kappa shape index (κ3) is 5.31. The smallest absolute Gasteiger partial charge is 0.128 e. The van der Waals surface area contributed by atoms with E-state index in [1.807, 2.05) is 18.2 Å². The number of hydrogen-bond acceptors (Lipinski definition) is 3. The highest BCUT2D eigenvalue weighted by molar-refractivity contribution is 6.42. The summed E-state index contributed by atoms with van der Waals surface area (Å²) >= 11 is 12.2. The summed E-state index contributed by atoms with van der Waals surface area (Å²) in [5, 5.41) is 12.0. The lowest BCUT2D eigenvalue weighted by molar-refractivity contribution is 0.171. The summed E-state index contributed by atoms with van der Waals surface area (Å²) in [6, 6.07) is 10.3. The van der Waals surface area contributed by atoms with E-state index in [9.17, 15) is 5.11 Å². The lowest BCUT2D eigenvalue weighted by Crippen LogP contribution is -2.40. The van der Waals surface area contributed by atoms with Gasteiger partial charge in [0.05, 0.1) is 23.3 Å². The Morgan fingerprint density at radius 1 is 1.10 bits per heavy atom. The molecule has 0 amide bonds. The SMILES string of the molecule is CCCN(CCC)[C@@H]1CCc2c(ccc(C(O)Cc3ccc(Cl)c(Cl)c3)c2OC)C1. The summed E-state index contributed by atoms with van der Waals surface area (Å²) in [5.41, 5.74) is 4.41. The molecule has 1 N–H and O–H groups in total. The molecule has 0 saturated carbocycles. The normalized spacial score (nSPS) is 17.1. The van der Waals surface area contributed by atoms with Crippen molar-refractivity contribution in [2.24, 2.45) is 0 Å². The van der Waals surface area contributed by atoms with Crippen LogP contribution in [0.15, 0.2) is 30.3 Å². The van der Waals surface area contributed by atoms with E-state index >= 15 is 0 Å². The minimum Gasteiger partial charge on any atom is -0.496 e. The second-order valence-corrected chi connectivity index (χ2v) is 9.04. The van der Waals surface area contributed by atoms with Gasteiger partial charge in [0.25, 0.3) is 0 Å². The Morgan fingerprint density at radius 2 is 1.83 bits per heavy atom. The quantitative estimate of drug-likeness (QED) is 0.490. The van der Waals surface area contributed by atoms with Crippen molar-refractivity contribution in [1.82, 2.24) is 4.90 Å². The Hall–Kier alpha value is -1.26. The van der Waals surface area contributed by atoms with Crippen LogP contribution in [0.25, 0.3) is 0 Å². The summed E-state index contributed by atoms with van der Waals surface area (Å²) in [6.45, 7) is 6.82. The van der Waals surface area contributed by atoms with Crippen molar-refractivity contribution >= 4 is 23.2 Å². The predicted molar refractivity (Wildman–Crippen MR) is 126 cm³/mol. The maximum Gasteiger partial charge on any atom is 0.128 e. The molecule has 5 heteroatoms. The highest BCUT2D eigenvalue weighted by Crippen LogP contribution is 2.38. The molecule has 0 fully saturated rings. The van der Waals surface area contributed by atoms with Crippen molar-refractivity contribution in [2.75, 3.05) is 20.2 Å². The molecule has 0 saturated heterocycles. The Kier molecular flexibility index (Phi) is 8.47. The Balaban J connectivity index is 1.81. The van der Waals surface area contributed by atoms with Crippen molar-refractivity contribution in [3.05, 3.63) is 62.6 Å². The zero-order valence-electron chi connectivity index (χ0n) is 18.3. The van der Waals surface area contributed by atoms with E-state index in [1.165, 1.54) is 24.0 Å².